The molecule has 0 N–H and O–H groups in total. The first kappa shape index (κ1) is 14.8. The minimum atomic E-state index is -4.65. The fourth-order valence-electron chi connectivity index (χ4n) is 1.74. The lowest BCUT2D eigenvalue weighted by Crippen LogP contribution is -2.10. The second-order valence-electron chi connectivity index (χ2n) is 3.84. The van der Waals surface area contributed by atoms with E-state index >= 15 is 0 Å². The van der Waals surface area contributed by atoms with E-state index in [1.165, 1.54) is 18.2 Å². The van der Waals surface area contributed by atoms with Crippen LogP contribution in [0.4, 0.5) is 13.2 Å². The van der Waals surface area contributed by atoms with E-state index in [4.69, 9.17) is 23.2 Å². The number of rotatable bonds is 2. The predicted molar refractivity (Wildman–Crippen MR) is 70.1 cm³/mol. The van der Waals surface area contributed by atoms with Crippen LogP contribution in [0.15, 0.2) is 30.5 Å². The van der Waals surface area contributed by atoms with Crippen LogP contribution in [0.3, 0.4) is 0 Å². The molecule has 0 aliphatic carbocycles. The van der Waals surface area contributed by atoms with Crippen LogP contribution in [0.5, 0.6) is 0 Å². The van der Waals surface area contributed by atoms with E-state index in [0.717, 1.165) is 12.3 Å². The number of nitrogens with zero attached hydrogens (tertiary/aromatic N) is 1. The molecule has 0 saturated carbocycles. The van der Waals surface area contributed by atoms with Crippen molar-refractivity contribution < 1.29 is 18.0 Å². The average molecular weight is 320 g/mol. The molecular formula is C13H6Cl2F3NO. The Hall–Kier alpha value is -1.59. The number of alkyl halides is 3. The van der Waals surface area contributed by atoms with Crippen molar-refractivity contribution in [1.82, 2.24) is 4.98 Å². The summed E-state index contributed by atoms with van der Waals surface area (Å²) < 4.78 is 38.6. The van der Waals surface area contributed by atoms with Crippen LogP contribution in [-0.2, 0) is 6.18 Å². The summed E-state index contributed by atoms with van der Waals surface area (Å²) in [5.41, 5.74) is -1.60. The van der Waals surface area contributed by atoms with Crippen LogP contribution in [0, 0.1) is 0 Å². The standard InChI is InChI=1S/C13H6Cl2F3NO/c14-10-3-1-2-7(11(10)15)12-8(6-20)9(4-5-19-12)13(16,17)18/h1-6H. The molecule has 2 nitrogen and oxygen atoms in total. The van der Waals surface area contributed by atoms with Gasteiger partial charge in [-0.25, -0.2) is 0 Å². The van der Waals surface area contributed by atoms with Gasteiger partial charge < -0.3 is 0 Å². The van der Waals surface area contributed by atoms with E-state index < -0.39 is 17.3 Å². The van der Waals surface area contributed by atoms with Crippen molar-refractivity contribution in [2.75, 3.05) is 0 Å². The first-order valence-corrected chi connectivity index (χ1v) is 6.07. The lowest BCUT2D eigenvalue weighted by molar-refractivity contribution is -0.137. The maximum Gasteiger partial charge on any atom is 0.417 e. The fraction of sp³-hybridized carbons (Fsp3) is 0.0769. The summed E-state index contributed by atoms with van der Waals surface area (Å²) in [6, 6.07) is 5.19. The second-order valence-corrected chi connectivity index (χ2v) is 4.62. The fourth-order valence-corrected chi connectivity index (χ4v) is 2.13. The number of carbonyl (C=O) groups is 1. The molecule has 7 heteroatoms. The van der Waals surface area contributed by atoms with Gasteiger partial charge in [-0.2, -0.15) is 13.2 Å². The molecule has 0 unspecified atom stereocenters. The average Bonchev–Trinajstić information content (AvgIpc) is 2.40. The number of carbonyl (C=O) groups excluding carboxylic acids is 1. The maximum absolute atomic E-state index is 12.9. The Morgan fingerprint density at radius 1 is 1.15 bits per heavy atom. The molecule has 1 aromatic heterocycles. The Balaban J connectivity index is 2.76. The van der Waals surface area contributed by atoms with E-state index in [1.807, 2.05) is 0 Å². The quantitative estimate of drug-likeness (QED) is 0.738. The molecule has 0 radical (unpaired) electrons. The number of aromatic nitrogens is 1. The minimum Gasteiger partial charge on any atom is -0.298 e. The summed E-state index contributed by atoms with van der Waals surface area (Å²) in [7, 11) is 0. The van der Waals surface area contributed by atoms with Gasteiger partial charge in [-0.15, -0.1) is 0 Å². The van der Waals surface area contributed by atoms with Gasteiger partial charge in [-0.1, -0.05) is 35.3 Å². The third-order valence-corrected chi connectivity index (χ3v) is 3.44. The Morgan fingerprint density at radius 3 is 2.45 bits per heavy atom. The van der Waals surface area contributed by atoms with E-state index in [1.54, 1.807) is 0 Å². The number of hydrogen-bond acceptors (Lipinski definition) is 2. The zero-order valence-electron chi connectivity index (χ0n) is 9.71. The smallest absolute Gasteiger partial charge is 0.298 e. The van der Waals surface area contributed by atoms with Crippen molar-refractivity contribution in [2.45, 2.75) is 6.18 Å². The zero-order chi connectivity index (χ0) is 14.9. The molecule has 20 heavy (non-hydrogen) atoms. The Labute approximate surface area is 122 Å². The molecule has 1 heterocycles. The van der Waals surface area contributed by atoms with Crippen molar-refractivity contribution in [2.24, 2.45) is 0 Å². The van der Waals surface area contributed by atoms with Crippen molar-refractivity contribution in [3.8, 4) is 11.3 Å². The van der Waals surface area contributed by atoms with E-state index in [2.05, 4.69) is 4.98 Å². The monoisotopic (exact) mass is 319 g/mol. The molecule has 1 aromatic carbocycles. The summed E-state index contributed by atoms with van der Waals surface area (Å²) in [4.78, 5) is 14.9. The van der Waals surface area contributed by atoms with Crippen LogP contribution in [-0.4, -0.2) is 11.3 Å². The van der Waals surface area contributed by atoms with Crippen LogP contribution in [0.25, 0.3) is 11.3 Å². The third kappa shape index (κ3) is 2.64. The largest absolute Gasteiger partial charge is 0.417 e. The molecule has 104 valence electrons. The van der Waals surface area contributed by atoms with E-state index in [9.17, 15) is 18.0 Å². The molecule has 0 saturated heterocycles. The van der Waals surface area contributed by atoms with Crippen molar-refractivity contribution in [1.29, 1.82) is 0 Å². The maximum atomic E-state index is 12.9. The topological polar surface area (TPSA) is 30.0 Å². The van der Waals surface area contributed by atoms with Crippen molar-refractivity contribution in [3.05, 3.63) is 51.6 Å². The van der Waals surface area contributed by atoms with Crippen molar-refractivity contribution >= 4 is 29.5 Å². The summed E-state index contributed by atoms with van der Waals surface area (Å²) >= 11 is 11.8. The highest BCUT2D eigenvalue weighted by Crippen LogP contribution is 2.38. The Bertz CT molecular complexity index is 671. The molecule has 0 atom stereocenters. The first-order valence-electron chi connectivity index (χ1n) is 5.32. The van der Waals surface area contributed by atoms with Crippen LogP contribution in [0.1, 0.15) is 15.9 Å². The van der Waals surface area contributed by atoms with Gasteiger partial charge in [0, 0.05) is 11.8 Å². The molecule has 0 fully saturated rings. The van der Waals surface area contributed by atoms with Gasteiger partial charge in [-0.3, -0.25) is 9.78 Å². The van der Waals surface area contributed by atoms with Gasteiger partial charge in [0.15, 0.2) is 6.29 Å². The Morgan fingerprint density at radius 2 is 1.85 bits per heavy atom. The van der Waals surface area contributed by atoms with E-state index in [0.29, 0.717) is 0 Å². The molecule has 2 aromatic rings. The highest BCUT2D eigenvalue weighted by molar-refractivity contribution is 6.43. The Kier molecular flexibility index (Phi) is 4.01. The van der Waals surface area contributed by atoms with E-state index in [-0.39, 0.29) is 27.6 Å². The second kappa shape index (κ2) is 5.42. The highest BCUT2D eigenvalue weighted by atomic mass is 35.5. The lowest BCUT2D eigenvalue weighted by atomic mass is 10.0. The normalized spacial score (nSPS) is 11.4. The predicted octanol–water partition coefficient (Wildman–Crippen LogP) is 4.89. The number of hydrogen-bond donors (Lipinski definition) is 0. The van der Waals surface area contributed by atoms with Crippen LogP contribution < -0.4 is 0 Å². The SMILES string of the molecule is O=Cc1c(C(F)(F)F)ccnc1-c1cccc(Cl)c1Cl. The summed E-state index contributed by atoms with van der Waals surface area (Å²) in [6.45, 7) is 0. The molecule has 0 spiro atoms. The van der Waals surface area contributed by atoms with Gasteiger partial charge >= 0.3 is 6.18 Å². The van der Waals surface area contributed by atoms with Gasteiger partial charge in [0.2, 0.25) is 0 Å². The van der Waals surface area contributed by atoms with Gasteiger partial charge in [0.25, 0.3) is 0 Å². The molecular weight excluding hydrogens is 314 g/mol. The molecule has 0 aliphatic heterocycles. The lowest BCUT2D eigenvalue weighted by Gasteiger charge is -2.13. The minimum absolute atomic E-state index is 0.0455. The summed E-state index contributed by atoms with van der Waals surface area (Å²) in [5, 5.41) is 0.212. The molecule has 0 bridgehead atoms. The zero-order valence-corrected chi connectivity index (χ0v) is 11.2. The summed E-state index contributed by atoms with van der Waals surface area (Å²) in [5.74, 6) is 0. The molecule has 0 amide bonds. The van der Waals surface area contributed by atoms with Gasteiger partial charge in [-0.05, 0) is 12.1 Å². The highest BCUT2D eigenvalue weighted by Gasteiger charge is 2.35. The number of pyridine rings is 1. The van der Waals surface area contributed by atoms with Gasteiger partial charge in [0.1, 0.15) is 0 Å². The number of halogens is 5. The van der Waals surface area contributed by atoms with Gasteiger partial charge in [0.05, 0.1) is 26.9 Å². The molecule has 2 rings (SSSR count). The van der Waals surface area contributed by atoms with Crippen molar-refractivity contribution in [3.63, 3.8) is 0 Å². The van der Waals surface area contributed by atoms with Crippen LogP contribution >= 0.6 is 23.2 Å². The first-order chi connectivity index (χ1) is 9.36. The number of aldehydes is 1. The molecule has 0 aliphatic rings. The third-order valence-electron chi connectivity index (χ3n) is 2.62. The van der Waals surface area contributed by atoms with Crippen LogP contribution in [0.2, 0.25) is 10.0 Å². The number of benzene rings is 1. The summed E-state index contributed by atoms with van der Waals surface area (Å²) in [6.07, 6.45) is -3.57.